The first-order valence-electron chi connectivity index (χ1n) is 17.3. The van der Waals surface area contributed by atoms with E-state index in [1.54, 1.807) is 0 Å². The van der Waals surface area contributed by atoms with Crippen molar-refractivity contribution in [1.29, 1.82) is 0 Å². The van der Waals surface area contributed by atoms with Crippen LogP contribution in [0.15, 0.2) is 170 Å². The van der Waals surface area contributed by atoms with E-state index in [0.717, 1.165) is 28.7 Å². The maximum atomic E-state index is 5.14. The number of nitrogens with zero attached hydrogens (tertiary/aromatic N) is 3. The van der Waals surface area contributed by atoms with Gasteiger partial charge in [0.15, 0.2) is 17.5 Å². The third kappa shape index (κ3) is 4.61. The molecule has 0 saturated carbocycles. The minimum Gasteiger partial charge on any atom is -0.208 e. The summed E-state index contributed by atoms with van der Waals surface area (Å²) in [5.74, 6) is 1.94. The average Bonchev–Trinajstić information content (AvgIpc) is 3.71. The van der Waals surface area contributed by atoms with Crippen molar-refractivity contribution >= 4 is 27.5 Å². The van der Waals surface area contributed by atoms with Gasteiger partial charge in [-0.1, -0.05) is 158 Å². The third-order valence-corrected chi connectivity index (χ3v) is 11.6. The lowest BCUT2D eigenvalue weighted by atomic mass is 9.66. The third-order valence-electron chi connectivity index (χ3n) is 10.4. The zero-order valence-corrected chi connectivity index (χ0v) is 28.6. The lowest BCUT2D eigenvalue weighted by Crippen LogP contribution is -2.30. The van der Waals surface area contributed by atoms with Crippen LogP contribution in [-0.2, 0) is 11.8 Å². The Kier molecular flexibility index (Phi) is 6.80. The van der Waals surface area contributed by atoms with Gasteiger partial charge in [0.05, 0.1) is 5.41 Å². The van der Waals surface area contributed by atoms with E-state index >= 15 is 0 Å². The molecule has 2 heterocycles. The number of thiophene rings is 1. The lowest BCUT2D eigenvalue weighted by Gasteiger charge is -2.36. The molecule has 0 bridgehead atoms. The maximum Gasteiger partial charge on any atom is 0.164 e. The second kappa shape index (κ2) is 11.7. The van der Waals surface area contributed by atoms with E-state index in [2.05, 4.69) is 127 Å². The first kappa shape index (κ1) is 29.7. The van der Waals surface area contributed by atoms with Crippen molar-refractivity contribution in [2.45, 2.75) is 11.8 Å². The minimum atomic E-state index is -0.615. The Morgan fingerprint density at radius 2 is 1.06 bits per heavy atom. The molecule has 1 spiro atoms. The second-order valence-corrected chi connectivity index (χ2v) is 14.4. The van der Waals surface area contributed by atoms with Crippen LogP contribution in [0, 0.1) is 0 Å². The standard InChI is InChI=1S/C47H31N3S/c1-30-24-27-38-37-20-10-13-23-42(37)51-43(38)29-33-25-26-34(28-41(33)47(30)39-21-11-8-18-35(39)36-19-9-12-22-40(36)47)46-49-44(31-14-4-2-5-15-31)48-45(50-46)32-16-6-3-7-17-32/h2-28H,1,29H2/b27-24-. The molecule has 0 N–H and O–H groups in total. The van der Waals surface area contributed by atoms with Gasteiger partial charge in [-0.3, -0.25) is 0 Å². The molecule has 0 unspecified atom stereocenters. The SMILES string of the molecule is C=C1/C=C\c2c(sc3ccccc23)Cc2ccc(-c3nc(-c4ccccc4)nc(-c4ccccc4)n3)cc2C12c1ccccc1-c1ccccc12. The quantitative estimate of drug-likeness (QED) is 0.188. The van der Waals surface area contributed by atoms with Crippen molar-refractivity contribution in [3.8, 4) is 45.3 Å². The van der Waals surface area contributed by atoms with Gasteiger partial charge >= 0.3 is 0 Å². The van der Waals surface area contributed by atoms with Crippen molar-refractivity contribution in [1.82, 2.24) is 15.0 Å². The van der Waals surface area contributed by atoms with E-state index in [4.69, 9.17) is 21.5 Å². The van der Waals surface area contributed by atoms with Crippen LogP contribution >= 0.6 is 11.3 Å². The predicted octanol–water partition coefficient (Wildman–Crippen LogP) is 11.6. The Morgan fingerprint density at radius 1 is 0.510 bits per heavy atom. The number of hydrogen-bond donors (Lipinski definition) is 0. The molecule has 0 atom stereocenters. The highest BCUT2D eigenvalue weighted by Gasteiger charge is 2.47. The van der Waals surface area contributed by atoms with Crippen molar-refractivity contribution in [2.75, 3.05) is 0 Å². The fourth-order valence-electron chi connectivity index (χ4n) is 8.11. The molecule has 0 amide bonds. The average molecular weight is 670 g/mol. The smallest absolute Gasteiger partial charge is 0.164 e. The van der Waals surface area contributed by atoms with Crippen molar-refractivity contribution in [3.05, 3.63) is 203 Å². The normalized spacial score (nSPS) is 14.5. The number of benzene rings is 6. The van der Waals surface area contributed by atoms with E-state index in [0.29, 0.717) is 17.5 Å². The lowest BCUT2D eigenvalue weighted by molar-refractivity contribution is 0.760. The topological polar surface area (TPSA) is 38.7 Å². The summed E-state index contributed by atoms with van der Waals surface area (Å²) in [6.07, 6.45) is 5.37. The van der Waals surface area contributed by atoms with Crippen molar-refractivity contribution in [3.63, 3.8) is 0 Å². The molecule has 2 aliphatic rings. The molecule has 0 aliphatic heterocycles. The monoisotopic (exact) mass is 669 g/mol. The molecule has 2 aliphatic carbocycles. The summed E-state index contributed by atoms with van der Waals surface area (Å²) in [6, 6.07) is 53.6. The Labute approximate surface area is 301 Å². The maximum absolute atomic E-state index is 5.14. The highest BCUT2D eigenvalue weighted by Crippen LogP contribution is 2.58. The van der Waals surface area contributed by atoms with Gasteiger partial charge in [-0.25, -0.2) is 15.0 Å². The van der Waals surface area contributed by atoms with Gasteiger partial charge in [-0.15, -0.1) is 11.3 Å². The largest absolute Gasteiger partial charge is 0.208 e. The van der Waals surface area contributed by atoms with Crippen molar-refractivity contribution in [2.24, 2.45) is 0 Å². The van der Waals surface area contributed by atoms with Crippen LogP contribution in [0.3, 0.4) is 0 Å². The Morgan fingerprint density at radius 3 is 1.71 bits per heavy atom. The number of aromatic nitrogens is 3. The van der Waals surface area contributed by atoms with Crippen LogP contribution in [-0.4, -0.2) is 15.0 Å². The number of fused-ring (bicyclic) bond motifs is 10. The number of hydrogen-bond acceptors (Lipinski definition) is 4. The molecule has 51 heavy (non-hydrogen) atoms. The van der Waals surface area contributed by atoms with Crippen LogP contribution in [0.4, 0.5) is 0 Å². The summed E-state index contributed by atoms with van der Waals surface area (Å²) in [5.41, 5.74) is 12.0. The molecule has 10 rings (SSSR count). The Bertz CT molecular complexity index is 2580. The zero-order chi connectivity index (χ0) is 33.9. The minimum absolute atomic E-state index is 0.615. The molecular weight excluding hydrogens is 639 g/mol. The molecule has 4 heteroatoms. The van der Waals surface area contributed by atoms with Gasteiger partial charge in [-0.05, 0) is 62.0 Å². The summed E-state index contributed by atoms with van der Waals surface area (Å²) in [7, 11) is 0. The summed E-state index contributed by atoms with van der Waals surface area (Å²) >= 11 is 1.88. The zero-order valence-electron chi connectivity index (χ0n) is 27.8. The Balaban J connectivity index is 1.27. The summed E-state index contributed by atoms with van der Waals surface area (Å²) in [4.78, 5) is 16.6. The van der Waals surface area contributed by atoms with Crippen LogP contribution in [0.1, 0.15) is 32.7 Å². The van der Waals surface area contributed by atoms with E-state index in [9.17, 15) is 0 Å². The molecule has 3 nitrogen and oxygen atoms in total. The summed E-state index contributed by atoms with van der Waals surface area (Å²) in [6.45, 7) is 4.91. The van der Waals surface area contributed by atoms with Gasteiger partial charge in [0, 0.05) is 32.7 Å². The van der Waals surface area contributed by atoms with Gasteiger partial charge in [0.2, 0.25) is 0 Å². The fraction of sp³-hybridized carbons (Fsp3) is 0.0426. The molecular formula is C47H31N3S. The van der Waals surface area contributed by atoms with Crippen LogP contribution in [0.2, 0.25) is 0 Å². The first-order valence-corrected chi connectivity index (χ1v) is 18.1. The van der Waals surface area contributed by atoms with E-state index < -0.39 is 5.41 Å². The van der Waals surface area contributed by atoms with Crippen LogP contribution < -0.4 is 0 Å². The molecule has 8 aromatic rings. The summed E-state index contributed by atoms with van der Waals surface area (Å²) in [5, 5.41) is 1.29. The van der Waals surface area contributed by atoms with Crippen molar-refractivity contribution < 1.29 is 0 Å². The highest BCUT2D eigenvalue weighted by atomic mass is 32.1. The molecule has 2 aromatic heterocycles. The highest BCUT2D eigenvalue weighted by molar-refractivity contribution is 7.19. The molecule has 0 fully saturated rings. The molecule has 0 saturated heterocycles. The molecule has 6 aromatic carbocycles. The summed E-state index contributed by atoms with van der Waals surface area (Å²) < 4.78 is 1.30. The first-order chi connectivity index (χ1) is 25.2. The predicted molar refractivity (Wildman–Crippen MR) is 211 cm³/mol. The van der Waals surface area contributed by atoms with E-state index in [1.165, 1.54) is 53.9 Å². The van der Waals surface area contributed by atoms with Crippen LogP contribution in [0.5, 0.6) is 0 Å². The van der Waals surface area contributed by atoms with Gasteiger partial charge in [0.25, 0.3) is 0 Å². The van der Waals surface area contributed by atoms with Gasteiger partial charge in [-0.2, -0.15) is 0 Å². The Hall–Kier alpha value is -6.23. The van der Waals surface area contributed by atoms with Crippen LogP contribution in [0.25, 0.3) is 61.5 Å². The van der Waals surface area contributed by atoms with Gasteiger partial charge < -0.3 is 0 Å². The van der Waals surface area contributed by atoms with E-state index in [-0.39, 0.29) is 0 Å². The molecule has 0 radical (unpaired) electrons. The second-order valence-electron chi connectivity index (χ2n) is 13.2. The van der Waals surface area contributed by atoms with E-state index in [1.807, 2.05) is 47.7 Å². The number of allylic oxidation sites excluding steroid dienone is 2. The van der Waals surface area contributed by atoms with Gasteiger partial charge in [0.1, 0.15) is 0 Å². The fourth-order valence-corrected chi connectivity index (χ4v) is 9.33. The molecule has 240 valence electrons. The number of rotatable bonds is 3.